The van der Waals surface area contributed by atoms with Crippen LogP contribution in [-0.4, -0.2) is 15.0 Å². The average molecular weight is 210 g/mol. The predicted octanol–water partition coefficient (Wildman–Crippen LogP) is 1.00. The van der Waals surface area contributed by atoms with Crippen molar-refractivity contribution < 1.29 is 8.78 Å². The van der Waals surface area contributed by atoms with Gasteiger partial charge in [-0.2, -0.15) is 0 Å². The third-order valence-corrected chi connectivity index (χ3v) is 1.92. The normalized spacial score (nSPS) is 10.6. The van der Waals surface area contributed by atoms with E-state index in [4.69, 9.17) is 5.73 Å². The molecule has 2 aromatic rings. The van der Waals surface area contributed by atoms with Gasteiger partial charge < -0.3 is 5.73 Å². The molecule has 0 aliphatic rings. The molecule has 78 valence electrons. The van der Waals surface area contributed by atoms with Crippen molar-refractivity contribution in [3.63, 3.8) is 0 Å². The Bertz CT molecular complexity index is 481. The molecule has 1 heterocycles. The van der Waals surface area contributed by atoms with Gasteiger partial charge in [0.05, 0.1) is 17.6 Å². The van der Waals surface area contributed by atoms with Crippen molar-refractivity contribution >= 4 is 0 Å². The number of rotatable bonds is 2. The van der Waals surface area contributed by atoms with Crippen molar-refractivity contribution in [1.29, 1.82) is 0 Å². The summed E-state index contributed by atoms with van der Waals surface area (Å²) < 4.78 is 26.9. The fraction of sp³-hybridized carbons (Fsp3) is 0.111. The van der Waals surface area contributed by atoms with Crippen LogP contribution in [0.4, 0.5) is 8.78 Å². The second-order valence-corrected chi connectivity index (χ2v) is 2.96. The molecule has 15 heavy (non-hydrogen) atoms. The number of nitrogens with two attached hydrogens (primary N) is 1. The van der Waals surface area contributed by atoms with E-state index in [2.05, 4.69) is 10.3 Å². The van der Waals surface area contributed by atoms with Gasteiger partial charge in [-0.1, -0.05) is 5.21 Å². The zero-order chi connectivity index (χ0) is 10.8. The van der Waals surface area contributed by atoms with E-state index in [1.54, 1.807) is 6.20 Å². The Balaban J connectivity index is 2.40. The van der Waals surface area contributed by atoms with Crippen LogP contribution < -0.4 is 5.73 Å². The Morgan fingerprint density at radius 2 is 2.07 bits per heavy atom. The molecule has 0 aliphatic heterocycles. The molecule has 0 bridgehead atoms. The second-order valence-electron chi connectivity index (χ2n) is 2.96. The van der Waals surface area contributed by atoms with Crippen LogP contribution in [0.25, 0.3) is 5.69 Å². The maximum Gasteiger partial charge on any atom is 0.160 e. The van der Waals surface area contributed by atoms with Crippen LogP contribution in [0.3, 0.4) is 0 Å². The van der Waals surface area contributed by atoms with Crippen LogP contribution in [0.2, 0.25) is 0 Å². The molecule has 1 aromatic heterocycles. The number of nitrogens with zero attached hydrogens (tertiary/aromatic N) is 3. The molecule has 1 aromatic carbocycles. The highest BCUT2D eigenvalue weighted by Gasteiger charge is 2.05. The predicted molar refractivity (Wildman–Crippen MR) is 49.2 cm³/mol. The molecule has 2 N–H and O–H groups in total. The zero-order valence-corrected chi connectivity index (χ0v) is 7.69. The summed E-state index contributed by atoms with van der Waals surface area (Å²) in [6.07, 6.45) is 1.56. The Hall–Kier alpha value is -1.82. The number of hydrogen-bond donors (Lipinski definition) is 1. The van der Waals surface area contributed by atoms with Gasteiger partial charge in [-0.3, -0.25) is 0 Å². The molecule has 0 fully saturated rings. The largest absolute Gasteiger partial charge is 0.325 e. The van der Waals surface area contributed by atoms with Crippen LogP contribution in [0.5, 0.6) is 0 Å². The lowest BCUT2D eigenvalue weighted by Gasteiger charge is -1.99. The molecule has 0 aliphatic carbocycles. The molecule has 0 spiro atoms. The van der Waals surface area contributed by atoms with Crippen molar-refractivity contribution in [2.75, 3.05) is 0 Å². The van der Waals surface area contributed by atoms with E-state index in [9.17, 15) is 8.78 Å². The first-order valence-electron chi connectivity index (χ1n) is 4.27. The molecular weight excluding hydrogens is 202 g/mol. The van der Waals surface area contributed by atoms with Gasteiger partial charge in [-0.25, -0.2) is 13.5 Å². The molecule has 2 rings (SSSR count). The Labute approximate surface area is 84.3 Å². The van der Waals surface area contributed by atoms with Crippen LogP contribution in [-0.2, 0) is 6.54 Å². The van der Waals surface area contributed by atoms with Gasteiger partial charge in [-0.15, -0.1) is 5.10 Å². The SMILES string of the molecule is NCc1cn(-c2ccc(F)c(F)c2)nn1. The number of hydrogen-bond acceptors (Lipinski definition) is 3. The van der Waals surface area contributed by atoms with E-state index in [0.29, 0.717) is 11.4 Å². The van der Waals surface area contributed by atoms with Crippen LogP contribution in [0, 0.1) is 11.6 Å². The van der Waals surface area contributed by atoms with E-state index >= 15 is 0 Å². The van der Waals surface area contributed by atoms with Crippen LogP contribution in [0.1, 0.15) is 5.69 Å². The lowest BCUT2D eigenvalue weighted by atomic mass is 10.3. The minimum absolute atomic E-state index is 0.254. The fourth-order valence-corrected chi connectivity index (χ4v) is 1.15. The highest BCUT2D eigenvalue weighted by atomic mass is 19.2. The number of aromatic nitrogens is 3. The summed E-state index contributed by atoms with van der Waals surface area (Å²) in [5.74, 6) is -1.81. The van der Waals surface area contributed by atoms with Gasteiger partial charge in [0.1, 0.15) is 0 Å². The standard InChI is InChI=1S/C9H8F2N4/c10-8-2-1-7(3-9(8)11)15-5-6(4-12)13-14-15/h1-3,5H,4,12H2. The van der Waals surface area contributed by atoms with Gasteiger partial charge in [0.2, 0.25) is 0 Å². The highest BCUT2D eigenvalue weighted by Crippen LogP contribution is 2.12. The van der Waals surface area contributed by atoms with Gasteiger partial charge in [-0.05, 0) is 12.1 Å². The maximum atomic E-state index is 12.9. The van der Waals surface area contributed by atoms with Crippen molar-refractivity contribution in [2.24, 2.45) is 5.73 Å². The summed E-state index contributed by atoms with van der Waals surface area (Å²) in [5.41, 5.74) is 6.33. The number of halogens is 2. The third kappa shape index (κ3) is 1.84. The molecular formula is C9H8F2N4. The van der Waals surface area contributed by atoms with Crippen molar-refractivity contribution in [2.45, 2.75) is 6.54 Å². The Morgan fingerprint density at radius 3 is 2.67 bits per heavy atom. The van der Waals surface area contributed by atoms with Crippen molar-refractivity contribution in [3.8, 4) is 5.69 Å². The summed E-state index contributed by atoms with van der Waals surface area (Å²) in [6, 6.07) is 3.49. The van der Waals surface area contributed by atoms with Crippen LogP contribution in [0.15, 0.2) is 24.4 Å². The van der Waals surface area contributed by atoms with E-state index in [0.717, 1.165) is 12.1 Å². The number of benzene rings is 1. The van der Waals surface area contributed by atoms with Gasteiger partial charge in [0, 0.05) is 12.6 Å². The molecule has 0 saturated carbocycles. The van der Waals surface area contributed by atoms with E-state index < -0.39 is 11.6 Å². The van der Waals surface area contributed by atoms with E-state index in [-0.39, 0.29) is 6.54 Å². The smallest absolute Gasteiger partial charge is 0.160 e. The minimum Gasteiger partial charge on any atom is -0.325 e. The third-order valence-electron chi connectivity index (χ3n) is 1.92. The molecule has 0 atom stereocenters. The highest BCUT2D eigenvalue weighted by molar-refractivity contribution is 5.31. The lowest BCUT2D eigenvalue weighted by molar-refractivity contribution is 0.507. The summed E-state index contributed by atoms with van der Waals surface area (Å²) >= 11 is 0. The molecule has 6 heteroatoms. The fourth-order valence-electron chi connectivity index (χ4n) is 1.15. The molecule has 0 radical (unpaired) electrons. The van der Waals surface area contributed by atoms with Crippen molar-refractivity contribution in [1.82, 2.24) is 15.0 Å². The van der Waals surface area contributed by atoms with E-state index in [1.807, 2.05) is 0 Å². The summed E-state index contributed by atoms with van der Waals surface area (Å²) in [4.78, 5) is 0. The summed E-state index contributed by atoms with van der Waals surface area (Å²) in [5, 5.41) is 7.46. The first-order valence-corrected chi connectivity index (χ1v) is 4.27. The average Bonchev–Trinajstić information content (AvgIpc) is 2.70. The monoisotopic (exact) mass is 210 g/mol. The van der Waals surface area contributed by atoms with Crippen LogP contribution >= 0.6 is 0 Å². The molecule has 0 amide bonds. The maximum absolute atomic E-state index is 12.9. The zero-order valence-electron chi connectivity index (χ0n) is 7.69. The molecule has 0 unspecified atom stereocenters. The topological polar surface area (TPSA) is 56.7 Å². The van der Waals surface area contributed by atoms with E-state index in [1.165, 1.54) is 10.7 Å². The van der Waals surface area contributed by atoms with Gasteiger partial charge in [0.25, 0.3) is 0 Å². The summed E-state index contributed by atoms with van der Waals surface area (Å²) in [6.45, 7) is 0.254. The molecule has 4 nitrogen and oxygen atoms in total. The first-order chi connectivity index (χ1) is 7.20. The Kier molecular flexibility index (Phi) is 2.42. The quantitative estimate of drug-likeness (QED) is 0.804. The Morgan fingerprint density at radius 1 is 1.27 bits per heavy atom. The van der Waals surface area contributed by atoms with Gasteiger partial charge in [0.15, 0.2) is 11.6 Å². The summed E-state index contributed by atoms with van der Waals surface area (Å²) in [7, 11) is 0. The molecule has 0 saturated heterocycles. The second kappa shape index (κ2) is 3.74. The first kappa shape index (κ1) is 9.72. The minimum atomic E-state index is -0.919. The lowest BCUT2D eigenvalue weighted by Crippen LogP contribution is -1.97. The van der Waals surface area contributed by atoms with Gasteiger partial charge >= 0.3 is 0 Å². The van der Waals surface area contributed by atoms with Crippen molar-refractivity contribution in [3.05, 3.63) is 41.7 Å².